The number of aryl methyl sites for hydroxylation is 2. The van der Waals surface area contributed by atoms with Crippen molar-refractivity contribution in [2.45, 2.75) is 26.7 Å². The van der Waals surface area contributed by atoms with Crippen molar-refractivity contribution in [1.82, 2.24) is 0 Å². The van der Waals surface area contributed by atoms with Crippen molar-refractivity contribution < 1.29 is 4.79 Å². The Morgan fingerprint density at radius 1 is 1.05 bits per heavy atom. The molecule has 0 atom stereocenters. The molecule has 2 aromatic carbocycles. The first-order valence-corrected chi connectivity index (χ1v) is 7.28. The molecule has 0 aliphatic rings. The monoisotopic (exact) mass is 306 g/mol. The Morgan fingerprint density at radius 2 is 1.70 bits per heavy atom. The third-order valence-corrected chi connectivity index (χ3v) is 4.03. The minimum absolute atomic E-state index is 0.0503. The van der Waals surface area contributed by atoms with Gasteiger partial charge >= 0.3 is 0 Å². The van der Waals surface area contributed by atoms with Gasteiger partial charge in [-0.1, -0.05) is 41.4 Å². The van der Waals surface area contributed by atoms with Gasteiger partial charge in [0.2, 0.25) is 0 Å². The summed E-state index contributed by atoms with van der Waals surface area (Å²) < 4.78 is 0. The van der Waals surface area contributed by atoms with Gasteiger partial charge in [-0.3, -0.25) is 4.79 Å². The summed E-state index contributed by atoms with van der Waals surface area (Å²) in [6, 6.07) is 11.2. The van der Waals surface area contributed by atoms with E-state index < -0.39 is 0 Å². The molecule has 0 N–H and O–H groups in total. The zero-order valence-corrected chi connectivity index (χ0v) is 13.1. The normalized spacial score (nSPS) is 10.6. The van der Waals surface area contributed by atoms with Crippen LogP contribution in [-0.4, -0.2) is 5.78 Å². The third kappa shape index (κ3) is 3.41. The van der Waals surface area contributed by atoms with E-state index in [1.165, 1.54) is 16.7 Å². The van der Waals surface area contributed by atoms with Gasteiger partial charge in [0.15, 0.2) is 5.78 Å². The van der Waals surface area contributed by atoms with Crippen LogP contribution in [0.1, 0.15) is 33.5 Å². The number of ketones is 1. The van der Waals surface area contributed by atoms with Crippen LogP contribution in [0.2, 0.25) is 10.0 Å². The van der Waals surface area contributed by atoms with Crippen molar-refractivity contribution in [2.75, 3.05) is 0 Å². The van der Waals surface area contributed by atoms with E-state index in [1.807, 2.05) is 6.07 Å². The molecule has 104 valence electrons. The highest BCUT2D eigenvalue weighted by atomic mass is 35.5. The van der Waals surface area contributed by atoms with Crippen molar-refractivity contribution in [1.29, 1.82) is 0 Å². The SMILES string of the molecule is Cc1cccc(C)c1CCC(=O)c1ccc(Cl)cc1Cl. The molecule has 0 fully saturated rings. The summed E-state index contributed by atoms with van der Waals surface area (Å²) in [4.78, 5) is 12.2. The van der Waals surface area contributed by atoms with Crippen LogP contribution in [-0.2, 0) is 6.42 Å². The lowest BCUT2D eigenvalue weighted by atomic mass is 9.96. The molecule has 20 heavy (non-hydrogen) atoms. The molecule has 0 heterocycles. The molecule has 2 rings (SSSR count). The number of carbonyl (C=O) groups excluding carboxylic acids is 1. The molecule has 0 aliphatic heterocycles. The molecule has 0 unspecified atom stereocenters. The summed E-state index contributed by atoms with van der Waals surface area (Å²) in [5, 5.41) is 0.963. The summed E-state index contributed by atoms with van der Waals surface area (Å²) in [5.74, 6) is 0.0503. The molecule has 0 spiro atoms. The average molecular weight is 307 g/mol. The highest BCUT2D eigenvalue weighted by molar-refractivity contribution is 6.36. The van der Waals surface area contributed by atoms with Gasteiger partial charge in [0.1, 0.15) is 0 Å². The topological polar surface area (TPSA) is 17.1 Å². The van der Waals surface area contributed by atoms with Crippen LogP contribution in [0.15, 0.2) is 36.4 Å². The summed E-state index contributed by atoms with van der Waals surface area (Å²) in [7, 11) is 0. The minimum atomic E-state index is 0.0503. The lowest BCUT2D eigenvalue weighted by Gasteiger charge is -2.09. The molecule has 1 nitrogen and oxygen atoms in total. The summed E-state index contributed by atoms with van der Waals surface area (Å²) >= 11 is 11.9. The molecule has 0 radical (unpaired) electrons. The second kappa shape index (κ2) is 6.43. The highest BCUT2D eigenvalue weighted by Crippen LogP contribution is 2.23. The van der Waals surface area contributed by atoms with Gasteiger partial charge in [0, 0.05) is 17.0 Å². The van der Waals surface area contributed by atoms with Crippen LogP contribution in [0.3, 0.4) is 0 Å². The van der Waals surface area contributed by atoms with E-state index in [0.29, 0.717) is 22.0 Å². The third-order valence-electron chi connectivity index (χ3n) is 3.48. The van der Waals surface area contributed by atoms with Crippen molar-refractivity contribution >= 4 is 29.0 Å². The van der Waals surface area contributed by atoms with Gasteiger partial charge in [-0.25, -0.2) is 0 Å². The van der Waals surface area contributed by atoms with E-state index in [2.05, 4.69) is 26.0 Å². The van der Waals surface area contributed by atoms with Crippen LogP contribution in [0.5, 0.6) is 0 Å². The number of hydrogen-bond donors (Lipinski definition) is 0. The number of carbonyl (C=O) groups is 1. The Balaban J connectivity index is 2.13. The first-order valence-electron chi connectivity index (χ1n) is 6.52. The lowest BCUT2D eigenvalue weighted by molar-refractivity contribution is 0.0983. The Hall–Kier alpha value is -1.31. The van der Waals surface area contributed by atoms with Crippen molar-refractivity contribution in [3.05, 3.63) is 68.7 Å². The van der Waals surface area contributed by atoms with Gasteiger partial charge in [-0.2, -0.15) is 0 Å². The van der Waals surface area contributed by atoms with E-state index in [0.717, 1.165) is 6.42 Å². The van der Waals surface area contributed by atoms with E-state index >= 15 is 0 Å². The molecule has 0 saturated heterocycles. The molecule has 0 bridgehead atoms. The zero-order chi connectivity index (χ0) is 14.7. The summed E-state index contributed by atoms with van der Waals surface area (Å²) in [6.45, 7) is 4.14. The van der Waals surface area contributed by atoms with Gasteiger partial charge in [0.05, 0.1) is 5.02 Å². The van der Waals surface area contributed by atoms with Crippen LogP contribution in [0.4, 0.5) is 0 Å². The second-order valence-electron chi connectivity index (χ2n) is 4.92. The van der Waals surface area contributed by atoms with Crippen molar-refractivity contribution in [2.24, 2.45) is 0 Å². The van der Waals surface area contributed by atoms with Crippen LogP contribution < -0.4 is 0 Å². The Labute approximate surface area is 129 Å². The predicted octanol–water partition coefficient (Wildman–Crippen LogP) is 5.43. The number of Topliss-reactive ketones (excluding diaryl/α,β-unsaturated/α-hetero) is 1. The fourth-order valence-electron chi connectivity index (χ4n) is 2.33. The maximum Gasteiger partial charge on any atom is 0.164 e. The summed E-state index contributed by atoms with van der Waals surface area (Å²) in [6.07, 6.45) is 1.18. The molecule has 0 aromatic heterocycles. The standard InChI is InChI=1S/C17H16Cl2O/c1-11-4-3-5-12(2)14(11)8-9-17(20)15-7-6-13(18)10-16(15)19/h3-7,10H,8-9H2,1-2H3. The smallest absolute Gasteiger partial charge is 0.164 e. The fraction of sp³-hybridized carbons (Fsp3) is 0.235. The maximum atomic E-state index is 12.2. The van der Waals surface area contributed by atoms with Gasteiger partial charge in [0.25, 0.3) is 0 Å². The molecule has 0 amide bonds. The quantitative estimate of drug-likeness (QED) is 0.689. The van der Waals surface area contributed by atoms with Gasteiger partial charge < -0.3 is 0 Å². The number of hydrogen-bond acceptors (Lipinski definition) is 1. The Kier molecular flexibility index (Phi) is 4.85. The van der Waals surface area contributed by atoms with E-state index in [4.69, 9.17) is 23.2 Å². The molecule has 0 aliphatic carbocycles. The molecular weight excluding hydrogens is 291 g/mol. The van der Waals surface area contributed by atoms with E-state index in [9.17, 15) is 4.79 Å². The first kappa shape index (κ1) is 15.1. The summed E-state index contributed by atoms with van der Waals surface area (Å²) in [5.41, 5.74) is 4.23. The Bertz CT molecular complexity index is 627. The fourth-order valence-corrected chi connectivity index (χ4v) is 2.85. The number of benzene rings is 2. The molecule has 0 saturated carbocycles. The van der Waals surface area contributed by atoms with Crippen LogP contribution in [0, 0.1) is 13.8 Å². The average Bonchev–Trinajstić information content (AvgIpc) is 2.37. The van der Waals surface area contributed by atoms with Crippen molar-refractivity contribution in [3.8, 4) is 0 Å². The van der Waals surface area contributed by atoms with E-state index in [1.54, 1.807) is 18.2 Å². The van der Waals surface area contributed by atoms with Crippen molar-refractivity contribution in [3.63, 3.8) is 0 Å². The highest BCUT2D eigenvalue weighted by Gasteiger charge is 2.12. The number of halogens is 2. The predicted molar refractivity (Wildman–Crippen MR) is 85.0 cm³/mol. The molecule has 3 heteroatoms. The lowest BCUT2D eigenvalue weighted by Crippen LogP contribution is -2.04. The van der Waals surface area contributed by atoms with Crippen LogP contribution in [0.25, 0.3) is 0 Å². The van der Waals surface area contributed by atoms with E-state index in [-0.39, 0.29) is 5.78 Å². The van der Waals surface area contributed by atoms with Crippen LogP contribution >= 0.6 is 23.2 Å². The number of rotatable bonds is 4. The maximum absolute atomic E-state index is 12.2. The Morgan fingerprint density at radius 3 is 2.30 bits per heavy atom. The van der Waals surface area contributed by atoms with Gasteiger partial charge in [-0.05, 0) is 55.2 Å². The largest absolute Gasteiger partial charge is 0.294 e. The zero-order valence-electron chi connectivity index (χ0n) is 11.5. The molecule has 2 aromatic rings. The van der Waals surface area contributed by atoms with Gasteiger partial charge in [-0.15, -0.1) is 0 Å². The minimum Gasteiger partial charge on any atom is -0.294 e. The second-order valence-corrected chi connectivity index (χ2v) is 5.76. The molecular formula is C17H16Cl2O. The first-order chi connectivity index (χ1) is 9.49.